The SMILES string of the molecule is CCOC(C)(C)c1noc(CC(=O)c2ccccc2)n1. The van der Waals surface area contributed by atoms with Crippen molar-refractivity contribution < 1.29 is 14.1 Å². The van der Waals surface area contributed by atoms with E-state index in [0.717, 1.165) is 0 Å². The molecule has 1 aromatic carbocycles. The Morgan fingerprint density at radius 3 is 2.65 bits per heavy atom. The highest BCUT2D eigenvalue weighted by Crippen LogP contribution is 2.21. The Kier molecular flexibility index (Phi) is 4.29. The van der Waals surface area contributed by atoms with Crippen LogP contribution in [0.2, 0.25) is 0 Å². The van der Waals surface area contributed by atoms with Crippen molar-refractivity contribution in [3.8, 4) is 0 Å². The second kappa shape index (κ2) is 5.96. The molecule has 0 aliphatic carbocycles. The van der Waals surface area contributed by atoms with Gasteiger partial charge in [-0.05, 0) is 20.8 Å². The Hall–Kier alpha value is -2.01. The molecule has 2 rings (SSSR count). The first-order chi connectivity index (χ1) is 9.53. The van der Waals surface area contributed by atoms with Gasteiger partial charge in [-0.1, -0.05) is 35.5 Å². The van der Waals surface area contributed by atoms with E-state index in [1.165, 1.54) is 0 Å². The van der Waals surface area contributed by atoms with Gasteiger partial charge in [0, 0.05) is 12.2 Å². The molecule has 0 unspecified atom stereocenters. The van der Waals surface area contributed by atoms with Crippen LogP contribution in [0.3, 0.4) is 0 Å². The first-order valence-electron chi connectivity index (χ1n) is 6.58. The lowest BCUT2D eigenvalue weighted by atomic mass is 10.1. The van der Waals surface area contributed by atoms with E-state index in [1.54, 1.807) is 12.1 Å². The molecule has 0 saturated heterocycles. The molecule has 0 saturated carbocycles. The normalized spacial score (nSPS) is 11.6. The van der Waals surface area contributed by atoms with Crippen molar-refractivity contribution in [2.75, 3.05) is 6.61 Å². The van der Waals surface area contributed by atoms with Crippen LogP contribution in [-0.2, 0) is 16.8 Å². The summed E-state index contributed by atoms with van der Waals surface area (Å²) in [6.45, 7) is 6.19. The zero-order valence-electron chi connectivity index (χ0n) is 11.9. The third-order valence-electron chi connectivity index (χ3n) is 2.92. The highest BCUT2D eigenvalue weighted by molar-refractivity contribution is 5.96. The summed E-state index contributed by atoms with van der Waals surface area (Å²) in [5, 5.41) is 3.89. The summed E-state index contributed by atoms with van der Waals surface area (Å²) in [6, 6.07) is 9.05. The fraction of sp³-hybridized carbons (Fsp3) is 0.400. The maximum absolute atomic E-state index is 12.0. The lowest BCUT2D eigenvalue weighted by molar-refractivity contribution is -0.0221. The molecule has 0 amide bonds. The summed E-state index contributed by atoms with van der Waals surface area (Å²) in [6.07, 6.45) is 0.0964. The molecule has 0 bridgehead atoms. The van der Waals surface area contributed by atoms with Gasteiger partial charge in [-0.25, -0.2) is 0 Å². The summed E-state index contributed by atoms with van der Waals surface area (Å²) in [5.74, 6) is 0.715. The van der Waals surface area contributed by atoms with Gasteiger partial charge in [-0.3, -0.25) is 4.79 Å². The molecule has 5 nitrogen and oxygen atoms in total. The van der Waals surface area contributed by atoms with Gasteiger partial charge in [0.05, 0.1) is 6.42 Å². The lowest BCUT2D eigenvalue weighted by Crippen LogP contribution is -2.23. The number of aromatic nitrogens is 2. The highest BCUT2D eigenvalue weighted by Gasteiger charge is 2.27. The number of benzene rings is 1. The number of ether oxygens (including phenoxy) is 1. The average molecular weight is 274 g/mol. The molecule has 0 spiro atoms. The van der Waals surface area contributed by atoms with E-state index in [0.29, 0.717) is 23.9 Å². The minimum absolute atomic E-state index is 0.0463. The van der Waals surface area contributed by atoms with Gasteiger partial charge in [-0.15, -0.1) is 0 Å². The molecule has 20 heavy (non-hydrogen) atoms. The third kappa shape index (κ3) is 3.30. The zero-order valence-corrected chi connectivity index (χ0v) is 11.9. The zero-order chi connectivity index (χ0) is 14.6. The van der Waals surface area contributed by atoms with Crippen LogP contribution in [0.25, 0.3) is 0 Å². The maximum atomic E-state index is 12.0. The van der Waals surface area contributed by atoms with Gasteiger partial charge in [0.25, 0.3) is 0 Å². The molecule has 106 valence electrons. The summed E-state index contributed by atoms with van der Waals surface area (Å²) < 4.78 is 10.7. The molecule has 0 radical (unpaired) electrons. The third-order valence-corrected chi connectivity index (χ3v) is 2.92. The number of Topliss-reactive ketones (excluding diaryl/α,β-unsaturated/α-hetero) is 1. The van der Waals surface area contributed by atoms with E-state index in [4.69, 9.17) is 9.26 Å². The molecule has 0 N–H and O–H groups in total. The Balaban J connectivity index is 2.09. The van der Waals surface area contributed by atoms with Crippen LogP contribution in [0, 0.1) is 0 Å². The van der Waals surface area contributed by atoms with Gasteiger partial charge in [0.15, 0.2) is 5.78 Å². The summed E-state index contributed by atoms with van der Waals surface area (Å²) >= 11 is 0. The van der Waals surface area contributed by atoms with Crippen LogP contribution in [0.5, 0.6) is 0 Å². The predicted molar refractivity (Wildman–Crippen MR) is 73.4 cm³/mol. The van der Waals surface area contributed by atoms with Gasteiger partial charge >= 0.3 is 0 Å². The van der Waals surface area contributed by atoms with Gasteiger partial charge < -0.3 is 9.26 Å². The molecule has 5 heteroatoms. The molecule has 0 fully saturated rings. The molecule has 2 aromatic rings. The molecule has 1 heterocycles. The largest absolute Gasteiger partial charge is 0.368 e. The van der Waals surface area contributed by atoms with E-state index in [9.17, 15) is 4.79 Å². The first kappa shape index (κ1) is 14.4. The summed E-state index contributed by atoms with van der Waals surface area (Å²) in [5.41, 5.74) is 0.0167. The second-order valence-corrected chi connectivity index (χ2v) is 4.92. The maximum Gasteiger partial charge on any atom is 0.234 e. The Bertz CT molecular complexity index is 576. The van der Waals surface area contributed by atoms with Crippen LogP contribution < -0.4 is 0 Å². The van der Waals surface area contributed by atoms with Crippen molar-refractivity contribution in [1.82, 2.24) is 10.1 Å². The van der Waals surface area contributed by atoms with Crippen molar-refractivity contribution in [2.24, 2.45) is 0 Å². The van der Waals surface area contributed by atoms with E-state index >= 15 is 0 Å². The average Bonchev–Trinajstić information content (AvgIpc) is 2.89. The van der Waals surface area contributed by atoms with Crippen LogP contribution in [0.15, 0.2) is 34.9 Å². The smallest absolute Gasteiger partial charge is 0.234 e. The fourth-order valence-electron chi connectivity index (χ4n) is 1.86. The number of nitrogens with zero attached hydrogens (tertiary/aromatic N) is 2. The lowest BCUT2D eigenvalue weighted by Gasteiger charge is -2.19. The minimum atomic E-state index is -0.619. The number of hydrogen-bond acceptors (Lipinski definition) is 5. The minimum Gasteiger partial charge on any atom is -0.368 e. The molecular weight excluding hydrogens is 256 g/mol. The van der Waals surface area contributed by atoms with E-state index < -0.39 is 5.60 Å². The molecular formula is C15H18N2O3. The fourth-order valence-corrected chi connectivity index (χ4v) is 1.86. The van der Waals surface area contributed by atoms with Crippen molar-refractivity contribution in [1.29, 1.82) is 0 Å². The van der Waals surface area contributed by atoms with Gasteiger partial charge in [0.1, 0.15) is 5.60 Å². The number of rotatable bonds is 6. The predicted octanol–water partition coefficient (Wildman–Crippen LogP) is 2.77. The molecule has 0 aliphatic heterocycles. The van der Waals surface area contributed by atoms with E-state index in [2.05, 4.69) is 10.1 Å². The topological polar surface area (TPSA) is 65.2 Å². The quantitative estimate of drug-likeness (QED) is 0.758. The highest BCUT2D eigenvalue weighted by atomic mass is 16.5. The summed E-state index contributed by atoms with van der Waals surface area (Å²) in [4.78, 5) is 16.3. The van der Waals surface area contributed by atoms with Gasteiger partial charge in [-0.2, -0.15) is 4.98 Å². The number of hydrogen-bond donors (Lipinski definition) is 0. The molecule has 0 atom stereocenters. The van der Waals surface area contributed by atoms with Crippen LogP contribution in [-0.4, -0.2) is 22.5 Å². The summed E-state index contributed by atoms with van der Waals surface area (Å²) in [7, 11) is 0. The van der Waals surface area contributed by atoms with Crippen molar-refractivity contribution >= 4 is 5.78 Å². The molecule has 1 aromatic heterocycles. The first-order valence-corrected chi connectivity index (χ1v) is 6.58. The molecule has 0 aliphatic rings. The van der Waals surface area contributed by atoms with E-state index in [1.807, 2.05) is 39.0 Å². The van der Waals surface area contributed by atoms with Crippen LogP contribution >= 0.6 is 0 Å². The van der Waals surface area contributed by atoms with Crippen LogP contribution in [0.4, 0.5) is 0 Å². The van der Waals surface area contributed by atoms with E-state index in [-0.39, 0.29) is 12.2 Å². The standard InChI is InChI=1S/C15H18N2O3/c1-4-19-15(2,3)14-16-13(20-17-14)10-12(18)11-8-6-5-7-9-11/h5-9H,4,10H2,1-3H3. The van der Waals surface area contributed by atoms with Crippen molar-refractivity contribution in [3.05, 3.63) is 47.6 Å². The van der Waals surface area contributed by atoms with Gasteiger partial charge in [0.2, 0.25) is 11.7 Å². The number of ketones is 1. The monoisotopic (exact) mass is 274 g/mol. The van der Waals surface area contributed by atoms with Crippen LogP contribution in [0.1, 0.15) is 42.8 Å². The van der Waals surface area contributed by atoms with Crippen molar-refractivity contribution in [2.45, 2.75) is 32.8 Å². The number of carbonyl (C=O) groups excluding carboxylic acids is 1. The number of carbonyl (C=O) groups is 1. The Morgan fingerprint density at radius 1 is 1.30 bits per heavy atom. The Morgan fingerprint density at radius 2 is 2.00 bits per heavy atom. The Labute approximate surface area is 118 Å². The second-order valence-electron chi connectivity index (χ2n) is 4.92. The van der Waals surface area contributed by atoms with Crippen molar-refractivity contribution in [3.63, 3.8) is 0 Å².